The summed E-state index contributed by atoms with van der Waals surface area (Å²) < 4.78 is 9.87. The molecule has 0 aromatic carbocycles. The van der Waals surface area contributed by atoms with Crippen LogP contribution in [0.4, 0.5) is 0 Å². The van der Waals surface area contributed by atoms with Crippen LogP contribution in [0.3, 0.4) is 0 Å². The van der Waals surface area contributed by atoms with Gasteiger partial charge in [-0.2, -0.15) is 0 Å². The van der Waals surface area contributed by atoms with E-state index in [4.69, 9.17) is 34.7 Å². The molecule has 0 rings (SSSR count). The van der Waals surface area contributed by atoms with Crippen molar-refractivity contribution in [2.45, 2.75) is 95.9 Å². The molecule has 0 aliphatic heterocycles. The first-order valence-electron chi connectivity index (χ1n) is 10.2. The summed E-state index contributed by atoms with van der Waals surface area (Å²) in [5, 5.41) is 0. The molecule has 0 amide bonds. The van der Waals surface area contributed by atoms with Crippen LogP contribution in [0.5, 0.6) is 0 Å². The maximum absolute atomic E-state index is 11.2. The van der Waals surface area contributed by atoms with Crippen molar-refractivity contribution in [1.82, 2.24) is 0 Å². The van der Waals surface area contributed by atoms with Gasteiger partial charge in [-0.3, -0.25) is 9.59 Å². The molecule has 0 heterocycles. The van der Waals surface area contributed by atoms with Gasteiger partial charge in [0.15, 0.2) is 0 Å². The van der Waals surface area contributed by atoms with Gasteiger partial charge in [-0.25, -0.2) is 0 Å². The van der Waals surface area contributed by atoms with Gasteiger partial charge in [-0.05, 0) is 35.5 Å². The number of carbonyl (C=O) groups excluding carboxylic acids is 2. The summed E-state index contributed by atoms with van der Waals surface area (Å²) in [6, 6.07) is 0. The number of ether oxygens (including phenoxy) is 2. The van der Waals surface area contributed by atoms with Gasteiger partial charge >= 0.3 is 11.9 Å². The topological polar surface area (TPSA) is 52.6 Å². The predicted molar refractivity (Wildman–Crippen MR) is 142 cm³/mol. The largest absolute Gasteiger partial charge is 0.465 e. The molecule has 2 unspecified atom stereocenters. The molecule has 0 saturated heterocycles. The quantitative estimate of drug-likeness (QED) is 0.200. The van der Waals surface area contributed by atoms with Crippen LogP contribution in [0.25, 0.3) is 0 Å². The Morgan fingerprint density at radius 3 is 1.16 bits per heavy atom. The van der Waals surface area contributed by atoms with Crippen molar-refractivity contribution in [3.05, 3.63) is 0 Å². The average Bonchev–Trinajstić information content (AvgIpc) is 2.47. The molecular formula is C24H50O4S2Sn. The van der Waals surface area contributed by atoms with E-state index in [2.05, 4.69) is 55.4 Å². The Labute approximate surface area is 222 Å². The molecule has 0 bridgehead atoms. The van der Waals surface area contributed by atoms with Crippen molar-refractivity contribution >= 4 is 61.1 Å². The van der Waals surface area contributed by atoms with Gasteiger partial charge in [0.05, 0.1) is 0 Å². The van der Waals surface area contributed by atoms with Crippen molar-refractivity contribution < 1.29 is 19.1 Å². The van der Waals surface area contributed by atoms with Gasteiger partial charge in [0.25, 0.3) is 0 Å². The van der Waals surface area contributed by atoms with Gasteiger partial charge in [-0.1, -0.05) is 95.5 Å². The zero-order chi connectivity index (χ0) is 22.4. The minimum atomic E-state index is -0.119. The van der Waals surface area contributed by atoms with Crippen molar-refractivity contribution in [2.75, 3.05) is 24.7 Å². The molecule has 4 nitrogen and oxygen atoms in total. The zero-order valence-electron chi connectivity index (χ0n) is 19.8. The molecule has 0 aliphatic rings. The van der Waals surface area contributed by atoms with Crippen molar-refractivity contribution in [3.8, 4) is 0 Å². The zero-order valence-corrected chi connectivity index (χ0v) is 24.2. The first-order chi connectivity index (χ1) is 12.7. The number of hydrogen-bond donors (Lipinski definition) is 0. The summed E-state index contributed by atoms with van der Waals surface area (Å²) in [5.41, 5.74) is 0.551. The van der Waals surface area contributed by atoms with E-state index >= 15 is 0 Å². The third-order valence-electron chi connectivity index (χ3n) is 3.64. The van der Waals surface area contributed by atoms with Crippen molar-refractivity contribution in [3.63, 3.8) is 0 Å². The van der Waals surface area contributed by atoms with E-state index in [0.717, 1.165) is 12.8 Å². The Morgan fingerprint density at radius 2 is 0.968 bits per heavy atom. The van der Waals surface area contributed by atoms with E-state index in [1.165, 1.54) is 0 Å². The summed E-state index contributed by atoms with van der Waals surface area (Å²) in [7, 11) is 0. The monoisotopic (exact) mass is 586 g/mol. The standard InChI is InChI=1S/2C11H21O2S.2CH4.Sn/c2*1-9(8-11(2,3)4)7-10(12)13-5-6-14;;;/h2*9H,5-8H2,1-4H3;2*1H4;. The maximum Gasteiger partial charge on any atom is 0.306 e. The first kappa shape index (κ1) is 41.7. The van der Waals surface area contributed by atoms with Gasteiger partial charge < -0.3 is 9.47 Å². The van der Waals surface area contributed by atoms with Crippen LogP contribution in [-0.4, -0.2) is 60.6 Å². The maximum atomic E-state index is 11.2. The number of esters is 2. The molecule has 7 heteroatoms. The minimum Gasteiger partial charge on any atom is -0.465 e. The normalized spacial score (nSPS) is 12.5. The summed E-state index contributed by atoms with van der Waals surface area (Å²) in [6.07, 6.45) is 3.09. The number of rotatable bonds is 10. The molecular weight excluding hydrogens is 535 g/mol. The second kappa shape index (κ2) is 22.2. The van der Waals surface area contributed by atoms with Crippen LogP contribution in [0, 0.1) is 22.7 Å². The Morgan fingerprint density at radius 1 is 0.710 bits per heavy atom. The van der Waals surface area contributed by atoms with Crippen LogP contribution in [0.1, 0.15) is 95.9 Å². The Bertz CT molecular complexity index is 392. The van der Waals surface area contributed by atoms with Crippen LogP contribution in [0.2, 0.25) is 0 Å². The molecule has 0 spiro atoms. The van der Waals surface area contributed by atoms with E-state index < -0.39 is 0 Å². The molecule has 2 atom stereocenters. The molecule has 6 radical (unpaired) electrons. The summed E-state index contributed by atoms with van der Waals surface area (Å²) >= 11 is 9.39. The summed E-state index contributed by atoms with van der Waals surface area (Å²) in [5.74, 6) is 1.50. The Hall–Kier alpha value is 0.439. The third kappa shape index (κ3) is 35.2. The van der Waals surface area contributed by atoms with Crippen LogP contribution < -0.4 is 0 Å². The van der Waals surface area contributed by atoms with E-state index in [9.17, 15) is 9.59 Å². The van der Waals surface area contributed by atoms with Crippen LogP contribution >= 0.6 is 25.3 Å². The average molecular weight is 586 g/mol. The SMILES string of the molecule is C.C.CC(CC(=O)OCC[S])CC(C)(C)C.CC(CC(=O)OCC[S])CC(C)(C)C.[Sn]. The first-order valence-corrected chi connectivity index (χ1v) is 11.3. The minimum absolute atomic E-state index is 0. The van der Waals surface area contributed by atoms with E-state index in [-0.39, 0.29) is 61.5 Å². The number of hydrogen-bond acceptors (Lipinski definition) is 4. The fourth-order valence-corrected chi connectivity index (χ4v) is 3.40. The van der Waals surface area contributed by atoms with E-state index in [1.54, 1.807) is 0 Å². The van der Waals surface area contributed by atoms with Crippen molar-refractivity contribution in [1.29, 1.82) is 0 Å². The van der Waals surface area contributed by atoms with Gasteiger partial charge in [-0.15, -0.1) is 0 Å². The smallest absolute Gasteiger partial charge is 0.306 e. The molecule has 0 aromatic heterocycles. The van der Waals surface area contributed by atoms with E-state index in [0.29, 0.717) is 49.4 Å². The predicted octanol–water partition coefficient (Wildman–Crippen LogP) is 7.27. The van der Waals surface area contributed by atoms with E-state index in [1.807, 2.05) is 0 Å². The molecule has 0 fully saturated rings. The Kier molecular flexibility index (Phi) is 29.9. The molecule has 0 N–H and O–H groups in total. The molecule has 186 valence electrons. The van der Waals surface area contributed by atoms with Crippen LogP contribution in [0.15, 0.2) is 0 Å². The summed E-state index contributed by atoms with van der Waals surface area (Å²) in [4.78, 5) is 22.5. The fraction of sp³-hybridized carbons (Fsp3) is 0.917. The van der Waals surface area contributed by atoms with Crippen LogP contribution in [-0.2, 0) is 19.1 Å². The summed E-state index contributed by atoms with van der Waals surface area (Å²) in [6.45, 7) is 18.0. The molecule has 0 aromatic rings. The number of carbonyl (C=O) groups is 2. The van der Waals surface area contributed by atoms with Crippen molar-refractivity contribution in [2.24, 2.45) is 22.7 Å². The third-order valence-corrected chi connectivity index (χ3v) is 3.98. The Balaban J connectivity index is -0.000000133. The van der Waals surface area contributed by atoms with Gasteiger partial charge in [0.1, 0.15) is 13.2 Å². The molecule has 31 heavy (non-hydrogen) atoms. The molecule has 0 aliphatic carbocycles. The second-order valence-corrected chi connectivity index (χ2v) is 10.8. The second-order valence-electron chi connectivity index (χ2n) is 10.00. The van der Waals surface area contributed by atoms with Gasteiger partial charge in [0, 0.05) is 48.3 Å². The fourth-order valence-electron chi connectivity index (χ4n) is 3.23. The van der Waals surface area contributed by atoms with Gasteiger partial charge in [0.2, 0.25) is 0 Å². The molecule has 0 saturated carbocycles.